The Bertz CT molecular complexity index is 1080. The molecule has 2 aromatic rings. The number of nitrogens with zero attached hydrogens (tertiary/aromatic N) is 3. The highest BCUT2D eigenvalue weighted by Gasteiger charge is 2.28. The molecule has 0 radical (unpaired) electrons. The third kappa shape index (κ3) is 5.78. The normalized spacial score (nSPS) is 17.9. The first-order valence-electron chi connectivity index (χ1n) is 11.2. The lowest BCUT2D eigenvalue weighted by atomic mass is 10.2. The molecular weight excluding hydrogens is 464 g/mol. The molecule has 2 aliphatic heterocycles. The van der Waals surface area contributed by atoms with Crippen molar-refractivity contribution >= 4 is 38.9 Å². The van der Waals surface area contributed by atoms with Crippen LogP contribution in [0.2, 0.25) is 5.02 Å². The predicted octanol–water partition coefficient (Wildman–Crippen LogP) is 2.98. The second-order valence-electron chi connectivity index (χ2n) is 8.40. The number of nitrogens with one attached hydrogen (secondary N) is 1. The number of amides is 1. The van der Waals surface area contributed by atoms with Crippen molar-refractivity contribution in [3.8, 4) is 5.75 Å². The lowest BCUT2D eigenvalue weighted by molar-refractivity contribution is -0.116. The molecule has 0 atom stereocenters. The summed E-state index contributed by atoms with van der Waals surface area (Å²) in [6.45, 7) is 5.00. The van der Waals surface area contributed by atoms with E-state index in [0.29, 0.717) is 36.8 Å². The van der Waals surface area contributed by atoms with Gasteiger partial charge in [-0.05, 0) is 55.3 Å². The standard InChI is InChI=1S/C23H29ClN4O4S/c24-21-8-7-20(33(31,32)28-10-1-2-11-28)17-22(21)25-23(30)9-12-26-13-15-27(16-14-26)18-3-5-19(29)6-4-18/h3-8,17,29H,1-2,9-16H2,(H,25,30). The molecule has 2 N–H and O–H groups in total. The number of carbonyl (C=O) groups excluding carboxylic acids is 1. The average Bonchev–Trinajstić information content (AvgIpc) is 3.36. The van der Waals surface area contributed by atoms with E-state index < -0.39 is 10.0 Å². The Morgan fingerprint density at radius 3 is 2.30 bits per heavy atom. The molecule has 0 aliphatic carbocycles. The molecule has 2 fully saturated rings. The topological polar surface area (TPSA) is 93.2 Å². The summed E-state index contributed by atoms with van der Waals surface area (Å²) >= 11 is 6.23. The molecule has 1 amide bonds. The Kier molecular flexibility index (Phi) is 7.43. The Morgan fingerprint density at radius 2 is 1.64 bits per heavy atom. The minimum Gasteiger partial charge on any atom is -0.508 e. The van der Waals surface area contributed by atoms with E-state index in [1.165, 1.54) is 22.5 Å². The first-order chi connectivity index (χ1) is 15.8. The van der Waals surface area contributed by atoms with Crippen LogP contribution in [0.3, 0.4) is 0 Å². The van der Waals surface area contributed by atoms with Gasteiger partial charge in [-0.3, -0.25) is 9.69 Å². The Labute approximate surface area is 199 Å². The van der Waals surface area contributed by atoms with E-state index >= 15 is 0 Å². The summed E-state index contributed by atoms with van der Waals surface area (Å²) in [5, 5.41) is 12.5. The quantitative estimate of drug-likeness (QED) is 0.617. The number of hydrogen-bond donors (Lipinski definition) is 2. The molecule has 8 nitrogen and oxygen atoms in total. The van der Waals surface area contributed by atoms with Crippen molar-refractivity contribution in [3.05, 3.63) is 47.5 Å². The van der Waals surface area contributed by atoms with E-state index in [-0.39, 0.29) is 16.6 Å². The SMILES string of the molecule is O=C(CCN1CCN(c2ccc(O)cc2)CC1)Nc1cc(S(=O)(=O)N2CCCC2)ccc1Cl. The van der Waals surface area contributed by atoms with E-state index in [9.17, 15) is 18.3 Å². The molecule has 0 spiro atoms. The summed E-state index contributed by atoms with van der Waals surface area (Å²) in [5.74, 6) is 0.0521. The maximum absolute atomic E-state index is 12.8. The van der Waals surface area contributed by atoms with Crippen molar-refractivity contribution in [1.29, 1.82) is 0 Å². The van der Waals surface area contributed by atoms with Crippen molar-refractivity contribution in [2.24, 2.45) is 0 Å². The molecular formula is C23H29ClN4O4S. The zero-order valence-electron chi connectivity index (χ0n) is 18.4. The van der Waals surface area contributed by atoms with Gasteiger partial charge in [-0.2, -0.15) is 4.31 Å². The number of phenols is 1. The molecule has 0 aromatic heterocycles. The molecule has 33 heavy (non-hydrogen) atoms. The molecule has 2 heterocycles. The highest BCUT2D eigenvalue weighted by Crippen LogP contribution is 2.28. The van der Waals surface area contributed by atoms with Crippen molar-refractivity contribution < 1.29 is 18.3 Å². The fourth-order valence-electron chi connectivity index (χ4n) is 4.20. The van der Waals surface area contributed by atoms with E-state index in [1.807, 2.05) is 12.1 Å². The number of benzene rings is 2. The molecule has 2 saturated heterocycles. The molecule has 4 rings (SSSR count). The number of phenolic OH excluding ortho intramolecular Hbond substituents is 1. The van der Waals surface area contributed by atoms with Gasteiger partial charge in [0.2, 0.25) is 15.9 Å². The summed E-state index contributed by atoms with van der Waals surface area (Å²) < 4.78 is 27.1. The summed E-state index contributed by atoms with van der Waals surface area (Å²) in [5.41, 5.74) is 1.39. The van der Waals surface area contributed by atoms with E-state index in [4.69, 9.17) is 11.6 Å². The summed E-state index contributed by atoms with van der Waals surface area (Å²) in [4.78, 5) is 17.2. The Morgan fingerprint density at radius 1 is 0.970 bits per heavy atom. The van der Waals surface area contributed by atoms with E-state index in [0.717, 1.165) is 44.7 Å². The third-order valence-electron chi connectivity index (χ3n) is 6.16. The highest BCUT2D eigenvalue weighted by molar-refractivity contribution is 7.89. The van der Waals surface area contributed by atoms with Crippen LogP contribution in [-0.4, -0.2) is 74.4 Å². The summed E-state index contributed by atoms with van der Waals surface area (Å²) in [7, 11) is -3.58. The maximum atomic E-state index is 12.8. The first kappa shape index (κ1) is 23.8. The lowest BCUT2D eigenvalue weighted by Gasteiger charge is -2.36. The largest absolute Gasteiger partial charge is 0.508 e. The number of sulfonamides is 1. The van der Waals surface area contributed by atoms with Crippen LogP contribution in [0.5, 0.6) is 5.75 Å². The molecule has 0 saturated carbocycles. The number of halogens is 1. The van der Waals surface area contributed by atoms with Gasteiger partial charge in [0.25, 0.3) is 0 Å². The minimum atomic E-state index is -3.58. The van der Waals surface area contributed by atoms with Gasteiger partial charge in [0.1, 0.15) is 5.75 Å². The van der Waals surface area contributed by atoms with Crippen LogP contribution in [0.1, 0.15) is 19.3 Å². The Balaban J connectivity index is 1.29. The first-order valence-corrected chi connectivity index (χ1v) is 13.0. The smallest absolute Gasteiger partial charge is 0.243 e. The number of aromatic hydroxyl groups is 1. The van der Waals surface area contributed by atoms with E-state index in [1.54, 1.807) is 12.1 Å². The van der Waals surface area contributed by atoms with Gasteiger partial charge in [0.05, 0.1) is 15.6 Å². The predicted molar refractivity (Wildman–Crippen MR) is 129 cm³/mol. The molecule has 0 bridgehead atoms. The van der Waals surface area contributed by atoms with Gasteiger partial charge >= 0.3 is 0 Å². The van der Waals surface area contributed by atoms with Gasteiger partial charge < -0.3 is 15.3 Å². The summed E-state index contributed by atoms with van der Waals surface area (Å²) in [6, 6.07) is 11.6. The second-order valence-corrected chi connectivity index (χ2v) is 10.7. The molecule has 2 aromatic carbocycles. The molecule has 178 valence electrons. The molecule has 0 unspecified atom stereocenters. The zero-order valence-corrected chi connectivity index (χ0v) is 20.0. The number of piperazine rings is 1. The van der Waals surface area contributed by atoms with Crippen LogP contribution in [0.4, 0.5) is 11.4 Å². The monoisotopic (exact) mass is 492 g/mol. The molecule has 10 heteroatoms. The van der Waals surface area contributed by atoms with Crippen molar-refractivity contribution in [2.75, 3.05) is 56.0 Å². The van der Waals surface area contributed by atoms with Crippen LogP contribution in [0, 0.1) is 0 Å². The number of anilines is 2. The second kappa shape index (κ2) is 10.3. The van der Waals surface area contributed by atoms with Gasteiger partial charge in [0.15, 0.2) is 0 Å². The highest BCUT2D eigenvalue weighted by atomic mass is 35.5. The van der Waals surface area contributed by atoms with Crippen molar-refractivity contribution in [1.82, 2.24) is 9.21 Å². The zero-order chi connectivity index (χ0) is 23.4. The third-order valence-corrected chi connectivity index (χ3v) is 8.38. The van der Waals surface area contributed by atoms with Crippen molar-refractivity contribution in [3.63, 3.8) is 0 Å². The number of carbonyl (C=O) groups is 1. The number of rotatable bonds is 7. The van der Waals surface area contributed by atoms with E-state index in [2.05, 4.69) is 15.1 Å². The maximum Gasteiger partial charge on any atom is 0.243 e. The van der Waals surface area contributed by atoms with Crippen LogP contribution in [-0.2, 0) is 14.8 Å². The molecule has 2 aliphatic rings. The average molecular weight is 493 g/mol. The van der Waals surface area contributed by atoms with Gasteiger partial charge in [-0.15, -0.1) is 0 Å². The van der Waals surface area contributed by atoms with Crippen molar-refractivity contribution in [2.45, 2.75) is 24.2 Å². The van der Waals surface area contributed by atoms with Gasteiger partial charge in [-0.1, -0.05) is 11.6 Å². The van der Waals surface area contributed by atoms with Crippen LogP contribution in [0.25, 0.3) is 0 Å². The fourth-order valence-corrected chi connectivity index (χ4v) is 5.91. The Hall–Kier alpha value is -2.33. The van der Waals surface area contributed by atoms with Gasteiger partial charge in [-0.25, -0.2) is 8.42 Å². The van der Waals surface area contributed by atoms with Crippen LogP contribution in [0.15, 0.2) is 47.4 Å². The fraction of sp³-hybridized carbons (Fsp3) is 0.435. The number of hydrogen-bond acceptors (Lipinski definition) is 6. The summed E-state index contributed by atoms with van der Waals surface area (Å²) in [6.07, 6.45) is 2.01. The van der Waals surface area contributed by atoms with Gasteiger partial charge in [0, 0.05) is 57.9 Å². The minimum absolute atomic E-state index is 0.148. The van der Waals surface area contributed by atoms with Crippen LogP contribution < -0.4 is 10.2 Å². The van der Waals surface area contributed by atoms with Crippen LogP contribution >= 0.6 is 11.6 Å². The lowest BCUT2D eigenvalue weighted by Crippen LogP contribution is -2.47.